The lowest BCUT2D eigenvalue weighted by Crippen LogP contribution is -2.41. The highest BCUT2D eigenvalue weighted by Gasteiger charge is 2.32. The standard InChI is InChI=1S/C11H16Cl3NO3/c1-7(2)4-3-5-8(6-9(16)17)15-10(18)11(12,13)14/h3,5,7-8H,4,6H2,1-2H3,(H,15,18)(H,16,17)/b5-3+/t8-/m1/s1. The smallest absolute Gasteiger partial charge is 0.305 e. The van der Waals surface area contributed by atoms with E-state index < -0.39 is 21.7 Å². The summed E-state index contributed by atoms with van der Waals surface area (Å²) in [5.41, 5.74) is 0. The molecule has 0 saturated heterocycles. The van der Waals surface area contributed by atoms with E-state index in [1.165, 1.54) is 0 Å². The Morgan fingerprint density at radius 3 is 2.28 bits per heavy atom. The highest BCUT2D eigenvalue weighted by Crippen LogP contribution is 2.26. The maximum atomic E-state index is 11.4. The molecule has 0 bridgehead atoms. The van der Waals surface area contributed by atoms with Crippen molar-refractivity contribution in [2.24, 2.45) is 5.92 Å². The average Bonchev–Trinajstić information content (AvgIpc) is 2.14. The van der Waals surface area contributed by atoms with Crippen LogP contribution in [0.2, 0.25) is 0 Å². The molecule has 0 rings (SSSR count). The number of carbonyl (C=O) groups is 2. The number of alkyl halides is 3. The second-order valence-electron chi connectivity index (χ2n) is 4.23. The summed E-state index contributed by atoms with van der Waals surface area (Å²) in [5, 5.41) is 11.1. The molecule has 18 heavy (non-hydrogen) atoms. The second kappa shape index (κ2) is 7.87. The van der Waals surface area contributed by atoms with E-state index in [9.17, 15) is 9.59 Å². The lowest BCUT2D eigenvalue weighted by atomic mass is 10.1. The van der Waals surface area contributed by atoms with E-state index >= 15 is 0 Å². The van der Waals surface area contributed by atoms with Gasteiger partial charge in [-0.2, -0.15) is 0 Å². The van der Waals surface area contributed by atoms with Crippen molar-refractivity contribution in [2.75, 3.05) is 0 Å². The summed E-state index contributed by atoms with van der Waals surface area (Å²) < 4.78 is -2.09. The molecule has 0 spiro atoms. The number of carboxylic acid groups (broad SMARTS) is 1. The van der Waals surface area contributed by atoms with Gasteiger partial charge in [0, 0.05) is 0 Å². The van der Waals surface area contributed by atoms with E-state index in [1.54, 1.807) is 12.2 Å². The van der Waals surface area contributed by atoms with Gasteiger partial charge >= 0.3 is 5.97 Å². The molecule has 0 aromatic carbocycles. The van der Waals surface area contributed by atoms with Crippen LogP contribution >= 0.6 is 34.8 Å². The summed E-state index contributed by atoms with van der Waals surface area (Å²) in [6.07, 6.45) is 3.92. The molecule has 0 unspecified atom stereocenters. The lowest BCUT2D eigenvalue weighted by molar-refractivity contribution is -0.137. The Kier molecular flexibility index (Phi) is 7.67. The molecule has 0 aliphatic carbocycles. The molecule has 0 heterocycles. The summed E-state index contributed by atoms with van der Waals surface area (Å²) in [4.78, 5) is 22.1. The van der Waals surface area contributed by atoms with Gasteiger partial charge in [0.1, 0.15) is 0 Å². The molecule has 1 amide bonds. The quantitative estimate of drug-likeness (QED) is 0.585. The Hall–Kier alpha value is -0.450. The van der Waals surface area contributed by atoms with Crippen molar-refractivity contribution < 1.29 is 14.7 Å². The average molecular weight is 317 g/mol. The van der Waals surface area contributed by atoms with E-state index in [4.69, 9.17) is 39.9 Å². The summed E-state index contributed by atoms with van der Waals surface area (Å²) >= 11 is 16.2. The predicted octanol–water partition coefficient (Wildman–Crippen LogP) is 2.92. The van der Waals surface area contributed by atoms with Crippen LogP contribution in [0.25, 0.3) is 0 Å². The van der Waals surface area contributed by atoms with Crippen molar-refractivity contribution in [3.63, 3.8) is 0 Å². The van der Waals surface area contributed by atoms with Gasteiger partial charge in [0.15, 0.2) is 0 Å². The molecule has 0 aliphatic rings. The molecule has 104 valence electrons. The van der Waals surface area contributed by atoms with E-state index in [2.05, 4.69) is 5.32 Å². The Balaban J connectivity index is 4.54. The predicted molar refractivity (Wildman–Crippen MR) is 73.1 cm³/mol. The molecule has 2 N–H and O–H groups in total. The number of amides is 1. The van der Waals surface area contributed by atoms with Crippen molar-refractivity contribution in [3.05, 3.63) is 12.2 Å². The number of allylic oxidation sites excluding steroid dienone is 1. The number of carbonyl (C=O) groups excluding carboxylic acids is 1. The largest absolute Gasteiger partial charge is 0.481 e. The molecule has 0 aromatic heterocycles. The fourth-order valence-corrected chi connectivity index (χ4v) is 1.28. The zero-order valence-corrected chi connectivity index (χ0v) is 12.4. The zero-order chi connectivity index (χ0) is 14.3. The molecular weight excluding hydrogens is 300 g/mol. The molecule has 0 saturated carbocycles. The molecular formula is C11H16Cl3NO3. The van der Waals surface area contributed by atoms with Gasteiger partial charge in [-0.15, -0.1) is 0 Å². The topological polar surface area (TPSA) is 66.4 Å². The highest BCUT2D eigenvalue weighted by molar-refractivity contribution is 6.76. The Bertz CT molecular complexity index is 324. The molecule has 0 fully saturated rings. The first-order valence-corrected chi connectivity index (χ1v) is 6.52. The molecule has 4 nitrogen and oxygen atoms in total. The monoisotopic (exact) mass is 315 g/mol. The number of carboxylic acids is 1. The third-order valence-electron chi connectivity index (χ3n) is 1.94. The molecule has 0 aromatic rings. The summed E-state index contributed by atoms with van der Waals surface area (Å²) in [5.74, 6) is -1.44. The van der Waals surface area contributed by atoms with Crippen molar-refractivity contribution in [2.45, 2.75) is 36.5 Å². The van der Waals surface area contributed by atoms with E-state index in [0.717, 1.165) is 6.42 Å². The van der Waals surface area contributed by atoms with Crippen LogP contribution in [0.3, 0.4) is 0 Å². The third-order valence-corrected chi connectivity index (χ3v) is 2.46. The van der Waals surface area contributed by atoms with Crippen LogP contribution in [0.5, 0.6) is 0 Å². The number of hydrogen-bond acceptors (Lipinski definition) is 2. The van der Waals surface area contributed by atoms with Gasteiger partial charge in [0.2, 0.25) is 0 Å². The number of halogens is 3. The highest BCUT2D eigenvalue weighted by atomic mass is 35.6. The van der Waals surface area contributed by atoms with Crippen LogP contribution in [0.15, 0.2) is 12.2 Å². The van der Waals surface area contributed by atoms with Gasteiger partial charge < -0.3 is 10.4 Å². The van der Waals surface area contributed by atoms with Crippen LogP contribution in [0.1, 0.15) is 26.7 Å². The first-order chi connectivity index (χ1) is 8.12. The normalized spacial score (nSPS) is 13.9. The first-order valence-electron chi connectivity index (χ1n) is 5.39. The van der Waals surface area contributed by atoms with Gasteiger partial charge in [-0.25, -0.2) is 0 Å². The van der Waals surface area contributed by atoms with Crippen LogP contribution in [-0.2, 0) is 9.59 Å². The van der Waals surface area contributed by atoms with Gasteiger partial charge in [0.05, 0.1) is 12.5 Å². The molecule has 7 heteroatoms. The fraction of sp³-hybridized carbons (Fsp3) is 0.636. The van der Waals surface area contributed by atoms with Crippen LogP contribution in [0.4, 0.5) is 0 Å². The summed E-state index contributed by atoms with van der Waals surface area (Å²) in [6.45, 7) is 4.05. The van der Waals surface area contributed by atoms with Crippen molar-refractivity contribution >= 4 is 46.7 Å². The van der Waals surface area contributed by atoms with Gasteiger partial charge in [-0.3, -0.25) is 9.59 Å². The number of nitrogens with one attached hydrogen (secondary N) is 1. The van der Waals surface area contributed by atoms with E-state index in [-0.39, 0.29) is 6.42 Å². The fourth-order valence-electron chi connectivity index (χ4n) is 1.12. The van der Waals surface area contributed by atoms with Crippen LogP contribution < -0.4 is 5.32 Å². The zero-order valence-electron chi connectivity index (χ0n) is 10.1. The molecule has 0 aliphatic heterocycles. The number of aliphatic carboxylic acids is 1. The van der Waals surface area contributed by atoms with Crippen LogP contribution in [0, 0.1) is 5.92 Å². The number of rotatable bonds is 6. The van der Waals surface area contributed by atoms with E-state index in [1.807, 2.05) is 13.8 Å². The Morgan fingerprint density at radius 1 is 1.33 bits per heavy atom. The van der Waals surface area contributed by atoms with E-state index in [0.29, 0.717) is 5.92 Å². The summed E-state index contributed by atoms with van der Waals surface area (Å²) in [6, 6.07) is -0.690. The second-order valence-corrected chi connectivity index (χ2v) is 6.51. The maximum absolute atomic E-state index is 11.4. The summed E-state index contributed by atoms with van der Waals surface area (Å²) in [7, 11) is 0. The third kappa shape index (κ3) is 8.61. The van der Waals surface area contributed by atoms with Crippen molar-refractivity contribution in [3.8, 4) is 0 Å². The van der Waals surface area contributed by atoms with Gasteiger partial charge in [-0.1, -0.05) is 60.8 Å². The minimum absolute atomic E-state index is 0.263. The molecule has 0 radical (unpaired) electrons. The molecule has 1 atom stereocenters. The first kappa shape index (κ1) is 17.6. The minimum Gasteiger partial charge on any atom is -0.481 e. The van der Waals surface area contributed by atoms with Crippen molar-refractivity contribution in [1.82, 2.24) is 5.32 Å². The minimum atomic E-state index is -2.09. The Labute approximate surface area is 121 Å². The lowest BCUT2D eigenvalue weighted by Gasteiger charge is -2.17. The SMILES string of the molecule is CC(C)C/C=C/[C@H](CC(=O)O)NC(=O)C(Cl)(Cl)Cl. The van der Waals surface area contributed by atoms with Crippen LogP contribution in [-0.4, -0.2) is 26.8 Å². The number of hydrogen-bond donors (Lipinski definition) is 2. The van der Waals surface area contributed by atoms with Crippen molar-refractivity contribution in [1.29, 1.82) is 0 Å². The van der Waals surface area contributed by atoms with Gasteiger partial charge in [-0.05, 0) is 12.3 Å². The Morgan fingerprint density at radius 2 is 1.89 bits per heavy atom. The maximum Gasteiger partial charge on any atom is 0.305 e. The van der Waals surface area contributed by atoms with Gasteiger partial charge in [0.25, 0.3) is 9.70 Å².